The molecule has 108 valence electrons. The van der Waals surface area contributed by atoms with Crippen molar-refractivity contribution < 1.29 is 9.47 Å². The third-order valence-electron chi connectivity index (χ3n) is 3.18. The standard InChI is InChI=1S/C15H19ClN2O2/c1-4-12-8-13(18(2)17-12)10-20-15-11(9-16)6-5-7-14(15)19-3/h5-8H,4,9-10H2,1-3H3. The Morgan fingerprint density at radius 1 is 1.35 bits per heavy atom. The maximum atomic E-state index is 5.95. The third-order valence-corrected chi connectivity index (χ3v) is 3.47. The zero-order valence-electron chi connectivity index (χ0n) is 12.0. The van der Waals surface area contributed by atoms with Gasteiger partial charge in [0.1, 0.15) is 6.61 Å². The fraction of sp³-hybridized carbons (Fsp3) is 0.400. The molecule has 0 fully saturated rings. The Bertz CT molecular complexity index is 559. The summed E-state index contributed by atoms with van der Waals surface area (Å²) in [6, 6.07) is 7.76. The van der Waals surface area contributed by atoms with E-state index in [-0.39, 0.29) is 0 Å². The zero-order valence-corrected chi connectivity index (χ0v) is 12.8. The van der Waals surface area contributed by atoms with Gasteiger partial charge < -0.3 is 9.47 Å². The molecule has 0 radical (unpaired) electrons. The normalized spacial score (nSPS) is 10.6. The fourth-order valence-corrected chi connectivity index (χ4v) is 2.23. The van der Waals surface area contributed by atoms with Crippen molar-refractivity contribution in [2.24, 2.45) is 7.05 Å². The summed E-state index contributed by atoms with van der Waals surface area (Å²) in [7, 11) is 3.54. The van der Waals surface area contributed by atoms with Crippen LogP contribution in [0.5, 0.6) is 11.5 Å². The molecule has 1 heterocycles. The summed E-state index contributed by atoms with van der Waals surface area (Å²) in [6.45, 7) is 2.52. The van der Waals surface area contributed by atoms with Crippen LogP contribution in [0.15, 0.2) is 24.3 Å². The minimum Gasteiger partial charge on any atom is -0.493 e. The maximum absolute atomic E-state index is 5.95. The van der Waals surface area contributed by atoms with Crippen molar-refractivity contribution >= 4 is 11.6 Å². The van der Waals surface area contributed by atoms with Crippen LogP contribution < -0.4 is 9.47 Å². The van der Waals surface area contributed by atoms with Gasteiger partial charge in [-0.3, -0.25) is 4.68 Å². The molecule has 0 saturated carbocycles. The molecule has 1 aromatic heterocycles. The number of nitrogens with zero attached hydrogens (tertiary/aromatic N) is 2. The van der Waals surface area contributed by atoms with Crippen molar-refractivity contribution in [3.8, 4) is 11.5 Å². The van der Waals surface area contributed by atoms with Gasteiger partial charge in [-0.2, -0.15) is 5.10 Å². The number of benzene rings is 1. The van der Waals surface area contributed by atoms with Crippen LogP contribution in [-0.2, 0) is 26.0 Å². The van der Waals surface area contributed by atoms with Crippen LogP contribution in [0.3, 0.4) is 0 Å². The van der Waals surface area contributed by atoms with Crippen molar-refractivity contribution in [2.75, 3.05) is 7.11 Å². The highest BCUT2D eigenvalue weighted by molar-refractivity contribution is 6.17. The van der Waals surface area contributed by atoms with Crippen molar-refractivity contribution in [1.29, 1.82) is 0 Å². The van der Waals surface area contributed by atoms with Crippen molar-refractivity contribution in [1.82, 2.24) is 9.78 Å². The molecule has 0 aliphatic carbocycles. The lowest BCUT2D eigenvalue weighted by Gasteiger charge is -2.13. The summed E-state index contributed by atoms with van der Waals surface area (Å²) < 4.78 is 13.1. The quantitative estimate of drug-likeness (QED) is 0.767. The van der Waals surface area contributed by atoms with E-state index in [0.717, 1.165) is 23.4 Å². The average molecular weight is 295 g/mol. The van der Waals surface area contributed by atoms with Gasteiger partial charge in [0.2, 0.25) is 0 Å². The molecule has 0 bridgehead atoms. The highest BCUT2D eigenvalue weighted by atomic mass is 35.5. The summed E-state index contributed by atoms with van der Waals surface area (Å²) in [4.78, 5) is 0. The highest BCUT2D eigenvalue weighted by Gasteiger charge is 2.11. The molecule has 2 aromatic rings. The Morgan fingerprint density at radius 2 is 2.15 bits per heavy atom. The second-order valence-corrected chi connectivity index (χ2v) is 4.74. The smallest absolute Gasteiger partial charge is 0.166 e. The van der Waals surface area contributed by atoms with Gasteiger partial charge in [-0.1, -0.05) is 19.1 Å². The monoisotopic (exact) mass is 294 g/mol. The second kappa shape index (κ2) is 6.66. The topological polar surface area (TPSA) is 36.3 Å². The lowest BCUT2D eigenvalue weighted by molar-refractivity contribution is 0.273. The number of methoxy groups -OCH3 is 1. The number of aryl methyl sites for hydroxylation is 2. The number of rotatable bonds is 6. The lowest BCUT2D eigenvalue weighted by Crippen LogP contribution is -2.05. The van der Waals surface area contributed by atoms with Gasteiger partial charge in [0.25, 0.3) is 0 Å². The molecule has 4 nitrogen and oxygen atoms in total. The zero-order chi connectivity index (χ0) is 14.5. The van der Waals surface area contributed by atoms with E-state index in [4.69, 9.17) is 21.1 Å². The van der Waals surface area contributed by atoms with Crippen LogP contribution in [0.1, 0.15) is 23.9 Å². The predicted molar refractivity (Wildman–Crippen MR) is 79.5 cm³/mol. The molecule has 2 rings (SSSR count). The van der Waals surface area contributed by atoms with Crippen molar-refractivity contribution in [2.45, 2.75) is 25.8 Å². The van der Waals surface area contributed by atoms with E-state index in [9.17, 15) is 0 Å². The Kier molecular flexibility index (Phi) is 4.90. The second-order valence-electron chi connectivity index (χ2n) is 4.47. The molecule has 5 heteroatoms. The van der Waals surface area contributed by atoms with Crippen LogP contribution in [0.2, 0.25) is 0 Å². The van der Waals surface area contributed by atoms with E-state index in [1.54, 1.807) is 7.11 Å². The van der Waals surface area contributed by atoms with E-state index in [1.807, 2.05) is 29.9 Å². The van der Waals surface area contributed by atoms with E-state index < -0.39 is 0 Å². The minimum absolute atomic E-state index is 0.387. The van der Waals surface area contributed by atoms with Gasteiger partial charge >= 0.3 is 0 Å². The van der Waals surface area contributed by atoms with Crippen LogP contribution in [-0.4, -0.2) is 16.9 Å². The molecule has 0 atom stereocenters. The third kappa shape index (κ3) is 3.07. The SMILES string of the molecule is CCc1cc(COc2c(CCl)cccc2OC)n(C)n1. The van der Waals surface area contributed by atoms with Gasteiger partial charge in [-0.05, 0) is 18.6 Å². The molecule has 0 saturated heterocycles. The number of para-hydroxylation sites is 1. The number of hydrogen-bond acceptors (Lipinski definition) is 3. The van der Waals surface area contributed by atoms with Gasteiger partial charge in [-0.25, -0.2) is 0 Å². The molecule has 0 aliphatic heterocycles. The van der Waals surface area contributed by atoms with E-state index >= 15 is 0 Å². The number of hydrogen-bond donors (Lipinski definition) is 0. The number of halogens is 1. The first-order chi connectivity index (χ1) is 9.69. The van der Waals surface area contributed by atoms with Crippen LogP contribution in [0, 0.1) is 0 Å². The largest absolute Gasteiger partial charge is 0.493 e. The Balaban J connectivity index is 2.19. The number of aromatic nitrogens is 2. The molecule has 0 amide bonds. The number of alkyl halides is 1. The Hall–Kier alpha value is -1.68. The minimum atomic E-state index is 0.387. The van der Waals surface area contributed by atoms with Crippen LogP contribution in [0.25, 0.3) is 0 Å². The molecular weight excluding hydrogens is 276 g/mol. The molecule has 0 aliphatic rings. The van der Waals surface area contributed by atoms with Crippen molar-refractivity contribution in [3.63, 3.8) is 0 Å². The Labute approximate surface area is 124 Å². The summed E-state index contributed by atoms with van der Waals surface area (Å²) in [5, 5.41) is 4.41. The van der Waals surface area contributed by atoms with E-state index in [0.29, 0.717) is 24.0 Å². The number of ether oxygens (including phenoxy) is 2. The summed E-state index contributed by atoms with van der Waals surface area (Å²) >= 11 is 5.95. The van der Waals surface area contributed by atoms with Crippen molar-refractivity contribution in [3.05, 3.63) is 41.2 Å². The molecule has 0 N–H and O–H groups in total. The Morgan fingerprint density at radius 3 is 2.75 bits per heavy atom. The molecule has 0 spiro atoms. The molecular formula is C15H19ClN2O2. The summed E-state index contributed by atoms with van der Waals surface area (Å²) in [5.74, 6) is 1.78. The lowest BCUT2D eigenvalue weighted by atomic mass is 10.2. The highest BCUT2D eigenvalue weighted by Crippen LogP contribution is 2.32. The first-order valence-electron chi connectivity index (χ1n) is 6.56. The summed E-state index contributed by atoms with van der Waals surface area (Å²) in [6.07, 6.45) is 0.912. The molecule has 1 aromatic carbocycles. The van der Waals surface area contributed by atoms with Crippen LogP contribution >= 0.6 is 11.6 Å². The van der Waals surface area contributed by atoms with Gasteiger partial charge in [0.05, 0.1) is 24.4 Å². The first-order valence-corrected chi connectivity index (χ1v) is 7.09. The fourth-order valence-electron chi connectivity index (χ4n) is 2.02. The first kappa shape index (κ1) is 14.7. The van der Waals surface area contributed by atoms with Gasteiger partial charge in [-0.15, -0.1) is 11.6 Å². The molecule has 20 heavy (non-hydrogen) atoms. The van der Waals surface area contributed by atoms with Gasteiger partial charge in [0.15, 0.2) is 11.5 Å². The molecule has 0 unspecified atom stereocenters. The van der Waals surface area contributed by atoms with E-state index in [1.165, 1.54) is 0 Å². The summed E-state index contributed by atoms with van der Waals surface area (Å²) in [5.41, 5.74) is 3.00. The predicted octanol–water partition coefficient (Wildman–Crippen LogP) is 3.31. The van der Waals surface area contributed by atoms with Crippen LogP contribution in [0.4, 0.5) is 0 Å². The average Bonchev–Trinajstić information content (AvgIpc) is 2.85. The van der Waals surface area contributed by atoms with E-state index in [2.05, 4.69) is 18.1 Å². The van der Waals surface area contributed by atoms with Gasteiger partial charge in [0, 0.05) is 12.6 Å². The maximum Gasteiger partial charge on any atom is 0.166 e.